The van der Waals surface area contributed by atoms with Crippen LogP contribution in [0.25, 0.3) is 0 Å². The van der Waals surface area contributed by atoms with Crippen molar-refractivity contribution in [3.8, 4) is 0 Å². The van der Waals surface area contributed by atoms with E-state index < -0.39 is 6.17 Å². The van der Waals surface area contributed by atoms with Gasteiger partial charge in [0, 0.05) is 0 Å². The van der Waals surface area contributed by atoms with Crippen molar-refractivity contribution in [2.45, 2.75) is 6.17 Å². The van der Waals surface area contributed by atoms with Crippen molar-refractivity contribution in [3.63, 3.8) is 0 Å². The van der Waals surface area contributed by atoms with Crippen LogP contribution in [0, 0.1) is 0 Å². The second kappa shape index (κ2) is 2.17. The largest absolute Gasteiger partial charge is 0.238 e. The monoisotopic (exact) mass is 116 g/mol. The molecule has 0 nitrogen and oxygen atoms in total. The van der Waals surface area contributed by atoms with Gasteiger partial charge in [0.25, 0.3) is 0 Å². The lowest BCUT2D eigenvalue weighted by Gasteiger charge is -1.95. The second-order valence-corrected chi connectivity index (χ2v) is 2.05. The van der Waals surface area contributed by atoms with E-state index in [1.807, 2.05) is 0 Å². The summed E-state index contributed by atoms with van der Waals surface area (Å²) in [6.45, 7) is 0. The normalized spacial score (nSPS) is 20.7. The van der Waals surface area contributed by atoms with Gasteiger partial charge in [0.1, 0.15) is 6.17 Å². The van der Waals surface area contributed by atoms with Gasteiger partial charge in [-0.25, -0.2) is 4.39 Å². The summed E-state index contributed by atoms with van der Waals surface area (Å²) in [6.07, 6.45) is 2.19. The zero-order valence-electron chi connectivity index (χ0n) is 3.67. The van der Waals surface area contributed by atoms with E-state index in [1.165, 1.54) is 23.9 Å². The summed E-state index contributed by atoms with van der Waals surface area (Å²) >= 11 is 1.50. The standard InChI is InChI=1S/C5H5FS/c6-5-1-3-7-4-2-5/h1-5H. The van der Waals surface area contributed by atoms with E-state index in [1.54, 1.807) is 10.8 Å². The molecule has 0 fully saturated rings. The molecule has 0 aromatic heterocycles. The molecule has 0 atom stereocenters. The Labute approximate surface area is 46.1 Å². The van der Waals surface area contributed by atoms with Gasteiger partial charge in [-0.15, -0.1) is 11.8 Å². The number of halogens is 1. The maximum Gasteiger partial charge on any atom is 0.138 e. The van der Waals surface area contributed by atoms with Crippen LogP contribution in [0.15, 0.2) is 23.0 Å². The number of alkyl halides is 1. The summed E-state index contributed by atoms with van der Waals surface area (Å²) in [5, 5.41) is 3.48. The Bertz CT molecular complexity index is 94.6. The molecule has 7 heavy (non-hydrogen) atoms. The van der Waals surface area contributed by atoms with Gasteiger partial charge >= 0.3 is 0 Å². The van der Waals surface area contributed by atoms with Crippen LogP contribution in [0.5, 0.6) is 0 Å². The van der Waals surface area contributed by atoms with Gasteiger partial charge in [-0.05, 0) is 23.0 Å². The van der Waals surface area contributed by atoms with E-state index in [0.717, 1.165) is 0 Å². The van der Waals surface area contributed by atoms with Crippen molar-refractivity contribution < 1.29 is 4.39 Å². The van der Waals surface area contributed by atoms with Gasteiger partial charge in [-0.2, -0.15) is 0 Å². The summed E-state index contributed by atoms with van der Waals surface area (Å²) in [7, 11) is 0. The van der Waals surface area contributed by atoms with Crippen molar-refractivity contribution in [2.75, 3.05) is 0 Å². The maximum absolute atomic E-state index is 12.0. The quantitative estimate of drug-likeness (QED) is 0.467. The first-order valence-corrected chi connectivity index (χ1v) is 2.97. The third-order valence-corrected chi connectivity index (χ3v) is 1.31. The SMILES string of the molecule is FC1C=CSC=C1. The van der Waals surface area contributed by atoms with E-state index in [4.69, 9.17) is 0 Å². The van der Waals surface area contributed by atoms with Crippen LogP contribution in [0.4, 0.5) is 4.39 Å². The first kappa shape index (κ1) is 4.91. The lowest BCUT2D eigenvalue weighted by molar-refractivity contribution is 0.469. The van der Waals surface area contributed by atoms with Crippen molar-refractivity contribution in [1.29, 1.82) is 0 Å². The summed E-state index contributed by atoms with van der Waals surface area (Å²) in [6, 6.07) is 0. The lowest BCUT2D eigenvalue weighted by atomic mass is 10.4. The van der Waals surface area contributed by atoms with Crippen LogP contribution in [0.3, 0.4) is 0 Å². The van der Waals surface area contributed by atoms with E-state index in [-0.39, 0.29) is 0 Å². The van der Waals surface area contributed by atoms with Crippen LogP contribution in [-0.4, -0.2) is 6.17 Å². The molecule has 1 aliphatic heterocycles. The van der Waals surface area contributed by atoms with Crippen LogP contribution < -0.4 is 0 Å². The van der Waals surface area contributed by atoms with Crippen molar-refractivity contribution in [2.24, 2.45) is 0 Å². The van der Waals surface area contributed by atoms with Crippen LogP contribution in [-0.2, 0) is 0 Å². The molecule has 0 amide bonds. The van der Waals surface area contributed by atoms with Gasteiger partial charge in [0.2, 0.25) is 0 Å². The van der Waals surface area contributed by atoms with Gasteiger partial charge in [-0.1, -0.05) is 0 Å². The van der Waals surface area contributed by atoms with Gasteiger partial charge in [0.05, 0.1) is 0 Å². The van der Waals surface area contributed by atoms with Crippen molar-refractivity contribution in [3.05, 3.63) is 23.0 Å². The molecule has 0 bridgehead atoms. The Hall–Kier alpha value is -0.240. The molecule has 0 aliphatic carbocycles. The number of hydrogen-bond donors (Lipinski definition) is 0. The lowest BCUT2D eigenvalue weighted by Crippen LogP contribution is -1.87. The predicted molar refractivity (Wildman–Crippen MR) is 30.8 cm³/mol. The Morgan fingerprint density at radius 2 is 1.86 bits per heavy atom. The maximum atomic E-state index is 12.0. The average molecular weight is 116 g/mol. The highest BCUT2D eigenvalue weighted by atomic mass is 32.2. The molecule has 0 aromatic carbocycles. The number of hydrogen-bond acceptors (Lipinski definition) is 1. The fraction of sp³-hybridized carbons (Fsp3) is 0.200. The predicted octanol–water partition coefficient (Wildman–Crippen LogP) is 2.10. The van der Waals surface area contributed by atoms with Gasteiger partial charge in [0.15, 0.2) is 0 Å². The first-order valence-electron chi connectivity index (χ1n) is 2.02. The highest BCUT2D eigenvalue weighted by molar-refractivity contribution is 8.04. The fourth-order valence-corrected chi connectivity index (χ4v) is 0.923. The van der Waals surface area contributed by atoms with Crippen molar-refractivity contribution >= 4 is 11.8 Å². The molecule has 0 spiro atoms. The molecule has 0 saturated carbocycles. The van der Waals surface area contributed by atoms with Crippen LogP contribution in [0.1, 0.15) is 0 Å². The highest BCUT2D eigenvalue weighted by Gasteiger charge is 1.95. The molecular weight excluding hydrogens is 111 g/mol. The van der Waals surface area contributed by atoms with E-state index in [0.29, 0.717) is 0 Å². The molecule has 0 unspecified atom stereocenters. The first-order chi connectivity index (χ1) is 3.39. The molecule has 1 heterocycles. The Morgan fingerprint density at radius 3 is 2.14 bits per heavy atom. The smallest absolute Gasteiger partial charge is 0.138 e. The summed E-state index contributed by atoms with van der Waals surface area (Å²) in [5.41, 5.74) is 0. The zero-order valence-corrected chi connectivity index (χ0v) is 4.49. The molecule has 0 radical (unpaired) electrons. The Morgan fingerprint density at radius 1 is 1.29 bits per heavy atom. The van der Waals surface area contributed by atoms with Crippen molar-refractivity contribution in [1.82, 2.24) is 0 Å². The number of rotatable bonds is 0. The Balaban J connectivity index is 2.49. The number of allylic oxidation sites excluding steroid dienone is 2. The zero-order chi connectivity index (χ0) is 5.11. The van der Waals surface area contributed by atoms with Crippen LogP contribution >= 0.6 is 11.8 Å². The molecule has 0 saturated heterocycles. The fourth-order valence-electron chi connectivity index (χ4n) is 0.350. The van der Waals surface area contributed by atoms with Crippen LogP contribution in [0.2, 0.25) is 0 Å². The van der Waals surface area contributed by atoms with Gasteiger partial charge < -0.3 is 0 Å². The minimum atomic E-state index is -0.846. The number of thioether (sulfide) groups is 1. The summed E-state index contributed by atoms with van der Waals surface area (Å²) in [4.78, 5) is 0. The highest BCUT2D eigenvalue weighted by Crippen LogP contribution is 2.13. The van der Waals surface area contributed by atoms with E-state index in [9.17, 15) is 4.39 Å². The van der Waals surface area contributed by atoms with Gasteiger partial charge in [-0.3, -0.25) is 0 Å². The molecule has 38 valence electrons. The third-order valence-electron chi connectivity index (χ3n) is 0.682. The van der Waals surface area contributed by atoms with E-state index >= 15 is 0 Å². The average Bonchev–Trinajstić information content (AvgIpc) is 1.69. The molecule has 2 heteroatoms. The topological polar surface area (TPSA) is 0 Å². The molecule has 0 N–H and O–H groups in total. The molecule has 1 rings (SSSR count). The second-order valence-electron chi connectivity index (χ2n) is 1.24. The summed E-state index contributed by atoms with van der Waals surface area (Å²) in [5.74, 6) is 0. The minimum Gasteiger partial charge on any atom is -0.238 e. The molecule has 1 aliphatic rings. The summed E-state index contributed by atoms with van der Waals surface area (Å²) < 4.78 is 12.0. The minimum absolute atomic E-state index is 0.846. The van der Waals surface area contributed by atoms with E-state index in [2.05, 4.69) is 0 Å². The molecule has 0 aromatic rings. The Kier molecular flexibility index (Phi) is 1.52. The third kappa shape index (κ3) is 1.35. The molecular formula is C5H5FS.